The highest BCUT2D eigenvalue weighted by Gasteiger charge is 2.21. The SMILES string of the molecule is CNCCOc1ccc(-c2c[nH]c(C(=NC3CCCCC3)/C(=C\N)C(N)=Nc3cc(F)ccc3Cl)c2)c(C)c1. The lowest BCUT2D eigenvalue weighted by atomic mass is 9.95. The van der Waals surface area contributed by atoms with Crippen molar-refractivity contribution in [3.63, 3.8) is 0 Å². The summed E-state index contributed by atoms with van der Waals surface area (Å²) in [6, 6.07) is 12.2. The fourth-order valence-corrected chi connectivity index (χ4v) is 4.89. The van der Waals surface area contributed by atoms with Gasteiger partial charge in [0.15, 0.2) is 0 Å². The van der Waals surface area contributed by atoms with Crippen molar-refractivity contribution < 1.29 is 9.13 Å². The van der Waals surface area contributed by atoms with Gasteiger partial charge < -0.3 is 26.5 Å². The Morgan fingerprint density at radius 1 is 1.18 bits per heavy atom. The molecule has 0 saturated heterocycles. The van der Waals surface area contributed by atoms with Gasteiger partial charge in [-0.15, -0.1) is 0 Å². The van der Waals surface area contributed by atoms with Crippen LogP contribution in [-0.4, -0.2) is 42.8 Å². The molecule has 3 aromatic rings. The van der Waals surface area contributed by atoms with Gasteiger partial charge in [-0.3, -0.25) is 4.99 Å². The Morgan fingerprint density at radius 3 is 2.69 bits per heavy atom. The summed E-state index contributed by atoms with van der Waals surface area (Å²) in [4.78, 5) is 12.9. The van der Waals surface area contributed by atoms with Crippen molar-refractivity contribution in [3.05, 3.63) is 82.5 Å². The van der Waals surface area contributed by atoms with E-state index in [1.165, 1.54) is 30.8 Å². The van der Waals surface area contributed by atoms with Gasteiger partial charge in [-0.25, -0.2) is 9.38 Å². The summed E-state index contributed by atoms with van der Waals surface area (Å²) in [5.74, 6) is 0.480. The summed E-state index contributed by atoms with van der Waals surface area (Å²) in [5, 5.41) is 3.37. The van der Waals surface area contributed by atoms with E-state index in [2.05, 4.69) is 28.3 Å². The van der Waals surface area contributed by atoms with Crippen LogP contribution in [-0.2, 0) is 0 Å². The number of rotatable bonds is 10. The Bertz CT molecular complexity index is 1370. The fourth-order valence-electron chi connectivity index (χ4n) is 4.73. The van der Waals surface area contributed by atoms with Gasteiger partial charge in [0.1, 0.15) is 24.0 Å². The first kappa shape index (κ1) is 28.4. The maximum Gasteiger partial charge on any atom is 0.135 e. The van der Waals surface area contributed by atoms with Crippen LogP contribution in [0.25, 0.3) is 11.1 Å². The molecule has 1 heterocycles. The van der Waals surface area contributed by atoms with Gasteiger partial charge in [-0.2, -0.15) is 0 Å². The number of aromatic amines is 1. The van der Waals surface area contributed by atoms with Crippen LogP contribution in [0.1, 0.15) is 43.4 Å². The molecule has 0 spiro atoms. The Morgan fingerprint density at radius 2 is 1.97 bits per heavy atom. The van der Waals surface area contributed by atoms with E-state index in [-0.39, 0.29) is 22.6 Å². The Hall–Kier alpha value is -3.62. The van der Waals surface area contributed by atoms with Crippen LogP contribution < -0.4 is 21.5 Å². The number of hydrogen-bond donors (Lipinski definition) is 4. The Labute approximate surface area is 234 Å². The summed E-state index contributed by atoms with van der Waals surface area (Å²) in [7, 11) is 1.90. The largest absolute Gasteiger partial charge is 0.492 e. The van der Waals surface area contributed by atoms with Gasteiger partial charge in [-0.1, -0.05) is 36.9 Å². The number of ether oxygens (including phenoxy) is 1. The zero-order chi connectivity index (χ0) is 27.8. The molecule has 1 aliphatic rings. The zero-order valence-corrected chi connectivity index (χ0v) is 23.2. The highest BCUT2D eigenvalue weighted by molar-refractivity contribution is 6.34. The predicted octanol–water partition coefficient (Wildman–Crippen LogP) is 6.03. The van der Waals surface area contributed by atoms with Gasteiger partial charge in [-0.05, 0) is 68.3 Å². The fraction of sp³-hybridized carbons (Fsp3) is 0.333. The predicted molar refractivity (Wildman–Crippen MR) is 159 cm³/mol. The van der Waals surface area contributed by atoms with E-state index in [9.17, 15) is 4.39 Å². The van der Waals surface area contributed by atoms with Crippen molar-refractivity contribution >= 4 is 28.8 Å². The van der Waals surface area contributed by atoms with E-state index in [1.54, 1.807) is 0 Å². The van der Waals surface area contributed by atoms with Crippen LogP contribution in [0.5, 0.6) is 5.75 Å². The average Bonchev–Trinajstić information content (AvgIpc) is 3.41. The number of likely N-dealkylation sites (N-methyl/N-ethyl adjacent to an activating group) is 1. The van der Waals surface area contributed by atoms with Crippen molar-refractivity contribution in [2.24, 2.45) is 21.5 Å². The molecule has 0 bridgehead atoms. The molecule has 0 radical (unpaired) electrons. The molecule has 0 amide bonds. The van der Waals surface area contributed by atoms with E-state index in [0.29, 0.717) is 17.9 Å². The Balaban J connectivity index is 1.69. The quantitative estimate of drug-likeness (QED) is 0.140. The highest BCUT2D eigenvalue weighted by atomic mass is 35.5. The number of H-pyrrole nitrogens is 1. The zero-order valence-electron chi connectivity index (χ0n) is 22.4. The number of nitrogens with two attached hydrogens (primary N) is 2. The summed E-state index contributed by atoms with van der Waals surface area (Å²) in [5.41, 5.74) is 17.8. The lowest BCUT2D eigenvalue weighted by Crippen LogP contribution is -2.25. The van der Waals surface area contributed by atoms with E-state index in [0.717, 1.165) is 60.4 Å². The number of aryl methyl sites for hydroxylation is 1. The lowest BCUT2D eigenvalue weighted by Gasteiger charge is -2.20. The van der Waals surface area contributed by atoms with Crippen LogP contribution in [0.15, 0.2) is 70.4 Å². The third kappa shape index (κ3) is 7.28. The van der Waals surface area contributed by atoms with Crippen LogP contribution in [0.4, 0.5) is 10.1 Å². The molecular weight excluding hydrogens is 515 g/mol. The molecule has 6 N–H and O–H groups in total. The van der Waals surface area contributed by atoms with Gasteiger partial charge >= 0.3 is 0 Å². The van der Waals surface area contributed by atoms with E-state index in [4.69, 9.17) is 32.8 Å². The highest BCUT2D eigenvalue weighted by Crippen LogP contribution is 2.30. The first-order valence-corrected chi connectivity index (χ1v) is 13.6. The van der Waals surface area contributed by atoms with Crippen LogP contribution >= 0.6 is 11.6 Å². The number of amidine groups is 1. The minimum atomic E-state index is -0.455. The number of halogens is 2. The van der Waals surface area contributed by atoms with Crippen molar-refractivity contribution in [2.75, 3.05) is 20.2 Å². The third-order valence-electron chi connectivity index (χ3n) is 6.80. The maximum absolute atomic E-state index is 13.9. The van der Waals surface area contributed by atoms with E-state index in [1.807, 2.05) is 31.4 Å². The molecule has 9 heteroatoms. The topological polar surface area (TPSA) is 114 Å². The minimum absolute atomic E-state index is 0.106. The molecular formula is C30H36ClFN6O. The van der Waals surface area contributed by atoms with E-state index >= 15 is 0 Å². The van der Waals surface area contributed by atoms with Crippen molar-refractivity contribution in [2.45, 2.75) is 45.1 Å². The summed E-state index contributed by atoms with van der Waals surface area (Å²) < 4.78 is 19.7. The summed E-state index contributed by atoms with van der Waals surface area (Å²) in [6.07, 6.45) is 8.80. The van der Waals surface area contributed by atoms with Gasteiger partial charge in [0.25, 0.3) is 0 Å². The molecule has 7 nitrogen and oxygen atoms in total. The molecule has 1 aromatic heterocycles. The van der Waals surface area contributed by atoms with Crippen LogP contribution in [0.2, 0.25) is 5.02 Å². The monoisotopic (exact) mass is 550 g/mol. The molecule has 2 aromatic carbocycles. The van der Waals surface area contributed by atoms with E-state index < -0.39 is 5.82 Å². The number of nitrogens with zero attached hydrogens (tertiary/aromatic N) is 2. The third-order valence-corrected chi connectivity index (χ3v) is 7.12. The van der Waals surface area contributed by atoms with Gasteiger partial charge in [0.05, 0.1) is 33.7 Å². The molecule has 0 aliphatic heterocycles. The summed E-state index contributed by atoms with van der Waals surface area (Å²) >= 11 is 6.24. The molecule has 0 unspecified atom stereocenters. The van der Waals surface area contributed by atoms with Crippen LogP contribution in [0, 0.1) is 12.7 Å². The number of nitrogens with one attached hydrogen (secondary N) is 2. The smallest absolute Gasteiger partial charge is 0.135 e. The number of hydrogen-bond acceptors (Lipinski definition) is 5. The van der Waals surface area contributed by atoms with Crippen LogP contribution in [0.3, 0.4) is 0 Å². The minimum Gasteiger partial charge on any atom is -0.492 e. The average molecular weight is 551 g/mol. The molecule has 0 atom stereocenters. The Kier molecular flexibility index (Phi) is 9.79. The second-order valence-corrected chi connectivity index (χ2v) is 10.1. The maximum atomic E-state index is 13.9. The molecule has 1 aliphatic carbocycles. The molecule has 39 heavy (non-hydrogen) atoms. The second kappa shape index (κ2) is 13.4. The van der Waals surface area contributed by atoms with Crippen molar-refractivity contribution in [1.82, 2.24) is 10.3 Å². The lowest BCUT2D eigenvalue weighted by molar-refractivity contribution is 0.318. The number of aromatic nitrogens is 1. The van der Waals surface area contributed by atoms with Gasteiger partial charge in [0, 0.05) is 30.6 Å². The number of benzene rings is 2. The summed E-state index contributed by atoms with van der Waals surface area (Å²) in [6.45, 7) is 3.44. The molecule has 4 rings (SSSR count). The molecule has 1 saturated carbocycles. The standard InChI is InChI=1S/C30H36ClFN6O/c1-19-14-23(39-13-12-35-2)9-10-24(19)20-15-28(36-18-20)29(37-22-6-4-3-5-7-22)25(17-33)30(34)38-27-16-21(32)8-11-26(27)31/h8-11,14-18,22,35-36H,3-7,12-13,33H2,1-2H3,(H2,34,38)/b25-17+,37-29?. The van der Waals surface area contributed by atoms with Crippen molar-refractivity contribution in [3.8, 4) is 16.9 Å². The van der Waals surface area contributed by atoms with Gasteiger partial charge in [0.2, 0.25) is 0 Å². The normalized spacial score (nSPS) is 15.5. The first-order chi connectivity index (χ1) is 18.9. The number of aliphatic imine (C=N–C) groups is 2. The second-order valence-electron chi connectivity index (χ2n) is 9.67. The molecule has 1 fully saturated rings. The first-order valence-electron chi connectivity index (χ1n) is 13.3. The van der Waals surface area contributed by atoms with Crippen molar-refractivity contribution in [1.29, 1.82) is 0 Å². The molecule has 206 valence electrons.